The third kappa shape index (κ3) is 5.25. The van der Waals surface area contributed by atoms with Crippen LogP contribution in [0.2, 0.25) is 0 Å². The molecular formula is C12H25N7. The van der Waals surface area contributed by atoms with Crippen LogP contribution in [-0.2, 0) is 0 Å². The normalized spacial score (nSPS) is 10.8. The third-order valence-electron chi connectivity index (χ3n) is 2.75. The monoisotopic (exact) mass is 267 g/mol. The summed E-state index contributed by atoms with van der Waals surface area (Å²) in [6.45, 7) is 7.66. The van der Waals surface area contributed by atoms with Crippen LogP contribution in [0.3, 0.4) is 0 Å². The van der Waals surface area contributed by atoms with Gasteiger partial charge >= 0.3 is 0 Å². The molecule has 1 heterocycles. The maximum atomic E-state index is 5.72. The lowest BCUT2D eigenvalue weighted by Gasteiger charge is -2.19. The van der Waals surface area contributed by atoms with Gasteiger partial charge in [-0.15, -0.1) is 0 Å². The average molecular weight is 267 g/mol. The summed E-state index contributed by atoms with van der Waals surface area (Å²) < 4.78 is 0. The first-order chi connectivity index (χ1) is 9.06. The van der Waals surface area contributed by atoms with Crippen LogP contribution < -0.4 is 16.0 Å². The number of hydrogen-bond acceptors (Lipinski definition) is 7. The summed E-state index contributed by atoms with van der Waals surface area (Å²) in [6, 6.07) is 0. The topological polar surface area (TPSA) is 83.2 Å². The van der Waals surface area contributed by atoms with Gasteiger partial charge in [-0.05, 0) is 40.9 Å². The Bertz CT molecular complexity index is 376. The maximum absolute atomic E-state index is 5.72. The summed E-state index contributed by atoms with van der Waals surface area (Å²) in [5, 5.41) is 3.19. The van der Waals surface area contributed by atoms with Crippen LogP contribution in [0.25, 0.3) is 0 Å². The molecule has 1 aromatic rings. The SMILES string of the molecule is CCN(CC)c1nc(N)nc(NCCCN(C)C)n1. The van der Waals surface area contributed by atoms with Crippen molar-refractivity contribution in [3.05, 3.63) is 0 Å². The second-order valence-corrected chi connectivity index (χ2v) is 4.57. The van der Waals surface area contributed by atoms with Crippen LogP contribution in [0.4, 0.5) is 17.8 Å². The minimum Gasteiger partial charge on any atom is -0.368 e. The molecule has 1 aromatic heterocycles. The van der Waals surface area contributed by atoms with E-state index in [1.807, 2.05) is 4.90 Å². The fourth-order valence-corrected chi connectivity index (χ4v) is 1.70. The van der Waals surface area contributed by atoms with Gasteiger partial charge in [0.05, 0.1) is 0 Å². The Morgan fingerprint density at radius 3 is 2.37 bits per heavy atom. The molecule has 0 saturated heterocycles. The van der Waals surface area contributed by atoms with Crippen LogP contribution in [-0.4, -0.2) is 60.1 Å². The molecule has 0 unspecified atom stereocenters. The van der Waals surface area contributed by atoms with E-state index in [9.17, 15) is 0 Å². The number of nitrogens with zero attached hydrogens (tertiary/aromatic N) is 5. The van der Waals surface area contributed by atoms with Crippen molar-refractivity contribution in [2.75, 3.05) is 56.2 Å². The summed E-state index contributed by atoms with van der Waals surface area (Å²) in [5.41, 5.74) is 5.72. The van der Waals surface area contributed by atoms with Crippen LogP contribution in [0, 0.1) is 0 Å². The van der Waals surface area contributed by atoms with Crippen molar-refractivity contribution in [3.63, 3.8) is 0 Å². The van der Waals surface area contributed by atoms with E-state index in [4.69, 9.17) is 5.73 Å². The van der Waals surface area contributed by atoms with Gasteiger partial charge in [0.2, 0.25) is 17.8 Å². The Hall–Kier alpha value is -1.63. The average Bonchev–Trinajstić information content (AvgIpc) is 2.35. The number of hydrogen-bond donors (Lipinski definition) is 2. The van der Waals surface area contributed by atoms with E-state index in [0.717, 1.165) is 32.6 Å². The molecule has 0 saturated carbocycles. The van der Waals surface area contributed by atoms with Gasteiger partial charge in [-0.1, -0.05) is 0 Å². The van der Waals surface area contributed by atoms with Gasteiger partial charge < -0.3 is 20.9 Å². The summed E-state index contributed by atoms with van der Waals surface area (Å²) in [6.07, 6.45) is 1.03. The molecule has 0 aliphatic carbocycles. The van der Waals surface area contributed by atoms with Crippen LogP contribution in [0.5, 0.6) is 0 Å². The lowest BCUT2D eigenvalue weighted by Crippen LogP contribution is -2.25. The number of nitrogens with one attached hydrogen (secondary N) is 1. The molecule has 1 rings (SSSR count). The molecule has 0 amide bonds. The highest BCUT2D eigenvalue weighted by atomic mass is 15.3. The molecule has 0 aromatic carbocycles. The van der Waals surface area contributed by atoms with E-state index in [0.29, 0.717) is 11.9 Å². The first kappa shape index (κ1) is 15.4. The van der Waals surface area contributed by atoms with Crippen LogP contribution in [0.1, 0.15) is 20.3 Å². The number of rotatable bonds is 8. The lowest BCUT2D eigenvalue weighted by molar-refractivity contribution is 0.405. The molecule has 0 aliphatic heterocycles. The molecule has 7 nitrogen and oxygen atoms in total. The van der Waals surface area contributed by atoms with Crippen molar-refractivity contribution in [1.29, 1.82) is 0 Å². The highest BCUT2D eigenvalue weighted by molar-refractivity contribution is 5.41. The van der Waals surface area contributed by atoms with Crippen molar-refractivity contribution >= 4 is 17.8 Å². The Morgan fingerprint density at radius 1 is 1.11 bits per heavy atom. The van der Waals surface area contributed by atoms with E-state index >= 15 is 0 Å². The van der Waals surface area contributed by atoms with E-state index < -0.39 is 0 Å². The van der Waals surface area contributed by atoms with Gasteiger partial charge in [-0.25, -0.2) is 0 Å². The summed E-state index contributed by atoms with van der Waals surface area (Å²) in [5.74, 6) is 1.44. The number of nitrogen functional groups attached to an aromatic ring is 1. The lowest BCUT2D eigenvalue weighted by atomic mass is 10.4. The minimum absolute atomic E-state index is 0.256. The molecule has 3 N–H and O–H groups in total. The number of nitrogens with two attached hydrogens (primary N) is 1. The molecule has 0 atom stereocenters. The largest absolute Gasteiger partial charge is 0.368 e. The second kappa shape index (κ2) is 7.73. The molecule has 0 aliphatic rings. The van der Waals surface area contributed by atoms with Crippen molar-refractivity contribution in [1.82, 2.24) is 19.9 Å². The fraction of sp³-hybridized carbons (Fsp3) is 0.750. The van der Waals surface area contributed by atoms with Crippen molar-refractivity contribution in [2.24, 2.45) is 0 Å². The van der Waals surface area contributed by atoms with Gasteiger partial charge in [0.25, 0.3) is 0 Å². The highest BCUT2D eigenvalue weighted by Crippen LogP contribution is 2.11. The third-order valence-corrected chi connectivity index (χ3v) is 2.75. The molecule has 0 radical (unpaired) electrons. The molecule has 19 heavy (non-hydrogen) atoms. The maximum Gasteiger partial charge on any atom is 0.231 e. The van der Waals surface area contributed by atoms with Gasteiger partial charge in [0.15, 0.2) is 0 Å². The summed E-state index contributed by atoms with van der Waals surface area (Å²) in [4.78, 5) is 16.9. The van der Waals surface area contributed by atoms with Crippen molar-refractivity contribution < 1.29 is 0 Å². The predicted molar refractivity (Wildman–Crippen MR) is 79.5 cm³/mol. The Kier molecular flexibility index (Phi) is 6.27. The number of anilines is 3. The summed E-state index contributed by atoms with van der Waals surface area (Å²) in [7, 11) is 4.11. The Morgan fingerprint density at radius 2 is 1.79 bits per heavy atom. The van der Waals surface area contributed by atoms with E-state index in [1.54, 1.807) is 0 Å². The molecule has 0 fully saturated rings. The first-order valence-corrected chi connectivity index (χ1v) is 6.71. The second-order valence-electron chi connectivity index (χ2n) is 4.57. The van der Waals surface area contributed by atoms with E-state index in [-0.39, 0.29) is 5.95 Å². The van der Waals surface area contributed by atoms with Crippen molar-refractivity contribution in [2.45, 2.75) is 20.3 Å². The zero-order valence-corrected chi connectivity index (χ0v) is 12.3. The minimum atomic E-state index is 0.256. The predicted octanol–water partition coefficient (Wildman–Crippen LogP) is 0.664. The van der Waals surface area contributed by atoms with Gasteiger partial charge in [0, 0.05) is 19.6 Å². The molecule has 108 valence electrons. The quantitative estimate of drug-likeness (QED) is 0.669. The number of aromatic nitrogens is 3. The van der Waals surface area contributed by atoms with Crippen LogP contribution in [0.15, 0.2) is 0 Å². The molecular weight excluding hydrogens is 242 g/mol. The van der Waals surface area contributed by atoms with Crippen LogP contribution >= 0.6 is 0 Å². The highest BCUT2D eigenvalue weighted by Gasteiger charge is 2.09. The first-order valence-electron chi connectivity index (χ1n) is 6.71. The molecule has 0 spiro atoms. The Balaban J connectivity index is 2.63. The zero-order valence-electron chi connectivity index (χ0n) is 12.3. The van der Waals surface area contributed by atoms with Gasteiger partial charge in [0.1, 0.15) is 0 Å². The van der Waals surface area contributed by atoms with Gasteiger partial charge in [-0.2, -0.15) is 15.0 Å². The Labute approximate surface area is 115 Å². The van der Waals surface area contributed by atoms with E-state index in [2.05, 4.69) is 53.1 Å². The smallest absolute Gasteiger partial charge is 0.231 e. The zero-order chi connectivity index (χ0) is 14.3. The van der Waals surface area contributed by atoms with E-state index in [1.165, 1.54) is 0 Å². The van der Waals surface area contributed by atoms with Crippen molar-refractivity contribution in [3.8, 4) is 0 Å². The molecule has 7 heteroatoms. The summed E-state index contributed by atoms with van der Waals surface area (Å²) >= 11 is 0. The fourth-order valence-electron chi connectivity index (χ4n) is 1.70. The van der Waals surface area contributed by atoms with Gasteiger partial charge in [-0.3, -0.25) is 0 Å². The molecule has 0 bridgehead atoms. The standard InChI is InChI=1S/C12H25N7/c1-5-19(6-2)12-16-10(13)15-11(17-12)14-8-7-9-18(3)4/h5-9H2,1-4H3,(H3,13,14,15,16,17).